The molecule has 2 rings (SSSR count). The summed E-state index contributed by atoms with van der Waals surface area (Å²) in [5, 5.41) is 10.4. The molecule has 1 atom stereocenters. The molecule has 0 bridgehead atoms. The van der Waals surface area contributed by atoms with Crippen molar-refractivity contribution in [2.75, 3.05) is 85.4 Å². The Morgan fingerprint density at radius 2 is 1.42 bits per heavy atom. The predicted molar refractivity (Wildman–Crippen MR) is 143 cm³/mol. The van der Waals surface area contributed by atoms with Crippen molar-refractivity contribution in [3.63, 3.8) is 0 Å². The standard InChI is InChI=1S/C27H48N4O5/c1-5-33-18-19-34-20-21-35-24-8-6-23(7-9-24)22-25(26(32)36-27(2,3)4)31-16-14-29-12-10-28-11-13-30-15-17-31/h6-9,25,28-30H,5,10-22H2,1-4H3/t25-/m1/s1. The van der Waals surface area contributed by atoms with E-state index in [0.717, 1.165) is 63.7 Å². The van der Waals surface area contributed by atoms with Gasteiger partial charge in [-0.2, -0.15) is 0 Å². The second-order valence-corrected chi connectivity index (χ2v) is 9.84. The van der Waals surface area contributed by atoms with Crippen LogP contribution in [0.1, 0.15) is 33.3 Å². The summed E-state index contributed by atoms with van der Waals surface area (Å²) in [6, 6.07) is 7.60. The molecule has 206 valence electrons. The molecule has 0 radical (unpaired) electrons. The molecule has 3 N–H and O–H groups in total. The zero-order valence-electron chi connectivity index (χ0n) is 22.8. The molecule has 0 aromatic heterocycles. The molecule has 0 unspecified atom stereocenters. The summed E-state index contributed by atoms with van der Waals surface area (Å²) in [5.41, 5.74) is 0.536. The Morgan fingerprint density at radius 1 is 0.861 bits per heavy atom. The first-order valence-electron chi connectivity index (χ1n) is 13.4. The normalized spacial score (nSPS) is 17.6. The lowest BCUT2D eigenvalue weighted by Gasteiger charge is -2.33. The minimum Gasteiger partial charge on any atom is -0.491 e. The van der Waals surface area contributed by atoms with Crippen molar-refractivity contribution in [2.45, 2.75) is 45.8 Å². The lowest BCUT2D eigenvalue weighted by molar-refractivity contribution is -0.161. The smallest absolute Gasteiger partial charge is 0.324 e. The van der Waals surface area contributed by atoms with E-state index in [1.165, 1.54) is 0 Å². The number of carbonyl (C=O) groups is 1. The molecule has 1 fully saturated rings. The average Bonchev–Trinajstić information content (AvgIpc) is 2.82. The largest absolute Gasteiger partial charge is 0.491 e. The van der Waals surface area contributed by atoms with E-state index in [1.807, 2.05) is 52.0 Å². The highest BCUT2D eigenvalue weighted by Crippen LogP contribution is 2.18. The number of hydrogen-bond acceptors (Lipinski definition) is 9. The maximum absolute atomic E-state index is 13.3. The first kappa shape index (κ1) is 30.5. The van der Waals surface area contributed by atoms with Crippen LogP contribution in [0.3, 0.4) is 0 Å². The third-order valence-electron chi connectivity index (χ3n) is 5.65. The predicted octanol–water partition coefficient (Wildman–Crippen LogP) is 1.46. The fraction of sp³-hybridized carbons (Fsp3) is 0.741. The highest BCUT2D eigenvalue weighted by Gasteiger charge is 2.30. The first-order chi connectivity index (χ1) is 17.4. The number of hydrogen-bond donors (Lipinski definition) is 3. The Balaban J connectivity index is 1.98. The van der Waals surface area contributed by atoms with E-state index in [9.17, 15) is 4.79 Å². The molecule has 1 aromatic rings. The van der Waals surface area contributed by atoms with Gasteiger partial charge in [-0.3, -0.25) is 9.69 Å². The molecule has 1 saturated heterocycles. The van der Waals surface area contributed by atoms with Crippen LogP contribution >= 0.6 is 0 Å². The molecule has 36 heavy (non-hydrogen) atoms. The van der Waals surface area contributed by atoms with Crippen LogP contribution in [-0.2, 0) is 25.4 Å². The van der Waals surface area contributed by atoms with Crippen LogP contribution in [0.15, 0.2) is 24.3 Å². The van der Waals surface area contributed by atoms with Gasteiger partial charge in [-0.05, 0) is 51.8 Å². The lowest BCUT2D eigenvalue weighted by atomic mass is 10.0. The molecular weight excluding hydrogens is 460 g/mol. The van der Waals surface area contributed by atoms with E-state index in [-0.39, 0.29) is 12.0 Å². The van der Waals surface area contributed by atoms with Crippen LogP contribution in [0.25, 0.3) is 0 Å². The molecule has 1 heterocycles. The number of carbonyl (C=O) groups excluding carboxylic acids is 1. The second kappa shape index (κ2) is 17.7. The second-order valence-electron chi connectivity index (χ2n) is 9.84. The number of benzene rings is 1. The molecule has 1 aliphatic heterocycles. The van der Waals surface area contributed by atoms with Crippen LogP contribution in [0.4, 0.5) is 0 Å². The number of rotatable bonds is 12. The topological polar surface area (TPSA) is 93.3 Å². The zero-order chi connectivity index (χ0) is 26.1. The maximum Gasteiger partial charge on any atom is 0.324 e. The van der Waals surface area contributed by atoms with Gasteiger partial charge in [0.15, 0.2) is 0 Å². The van der Waals surface area contributed by atoms with E-state index in [0.29, 0.717) is 39.5 Å². The molecule has 9 nitrogen and oxygen atoms in total. The molecular formula is C27H48N4O5. The van der Waals surface area contributed by atoms with Crippen LogP contribution in [0, 0.1) is 0 Å². The summed E-state index contributed by atoms with van der Waals surface area (Å²) in [6.07, 6.45) is 0.581. The molecule has 0 spiro atoms. The monoisotopic (exact) mass is 508 g/mol. The fourth-order valence-electron chi connectivity index (χ4n) is 3.86. The quantitative estimate of drug-likeness (QED) is 0.287. The van der Waals surface area contributed by atoms with E-state index >= 15 is 0 Å². The fourth-order valence-corrected chi connectivity index (χ4v) is 3.86. The van der Waals surface area contributed by atoms with Gasteiger partial charge in [-0.1, -0.05) is 12.1 Å². The van der Waals surface area contributed by atoms with Crippen molar-refractivity contribution in [3.8, 4) is 5.75 Å². The summed E-state index contributed by atoms with van der Waals surface area (Å²) >= 11 is 0. The number of ether oxygens (including phenoxy) is 4. The van der Waals surface area contributed by atoms with E-state index in [2.05, 4.69) is 20.9 Å². The molecule has 1 aliphatic rings. The molecule has 0 amide bonds. The van der Waals surface area contributed by atoms with Gasteiger partial charge >= 0.3 is 5.97 Å². The minimum atomic E-state index is -0.535. The van der Waals surface area contributed by atoms with Crippen molar-refractivity contribution in [2.24, 2.45) is 0 Å². The molecule has 1 aromatic carbocycles. The van der Waals surface area contributed by atoms with Crippen LogP contribution < -0.4 is 20.7 Å². The van der Waals surface area contributed by atoms with Crippen molar-refractivity contribution < 1.29 is 23.7 Å². The molecule has 0 saturated carbocycles. The Morgan fingerprint density at radius 3 is 2.00 bits per heavy atom. The third-order valence-corrected chi connectivity index (χ3v) is 5.65. The molecule has 0 aliphatic carbocycles. The summed E-state index contributed by atoms with van der Waals surface area (Å²) in [4.78, 5) is 15.6. The highest BCUT2D eigenvalue weighted by molar-refractivity contribution is 5.76. The van der Waals surface area contributed by atoms with Gasteiger partial charge in [-0.15, -0.1) is 0 Å². The zero-order valence-corrected chi connectivity index (χ0v) is 22.8. The van der Waals surface area contributed by atoms with Gasteiger partial charge in [0, 0.05) is 59.0 Å². The van der Waals surface area contributed by atoms with E-state index < -0.39 is 5.60 Å². The van der Waals surface area contributed by atoms with Gasteiger partial charge in [0.25, 0.3) is 0 Å². The summed E-state index contributed by atoms with van der Waals surface area (Å²) < 4.78 is 22.4. The van der Waals surface area contributed by atoms with Crippen molar-refractivity contribution >= 4 is 5.97 Å². The van der Waals surface area contributed by atoms with Crippen molar-refractivity contribution in [1.82, 2.24) is 20.9 Å². The van der Waals surface area contributed by atoms with E-state index in [4.69, 9.17) is 18.9 Å². The van der Waals surface area contributed by atoms with Crippen LogP contribution in [-0.4, -0.2) is 108 Å². The number of nitrogens with zero attached hydrogens (tertiary/aromatic N) is 1. The number of nitrogens with one attached hydrogen (secondary N) is 3. The van der Waals surface area contributed by atoms with Gasteiger partial charge in [0.05, 0.1) is 19.8 Å². The van der Waals surface area contributed by atoms with Crippen LogP contribution in [0.5, 0.6) is 5.75 Å². The average molecular weight is 509 g/mol. The summed E-state index contributed by atoms with van der Waals surface area (Å²) in [6.45, 7) is 17.5. The summed E-state index contributed by atoms with van der Waals surface area (Å²) in [5.74, 6) is 0.607. The third kappa shape index (κ3) is 13.5. The Labute approximate surface area is 217 Å². The van der Waals surface area contributed by atoms with Gasteiger partial charge in [-0.25, -0.2) is 0 Å². The van der Waals surface area contributed by atoms with Crippen LogP contribution in [0.2, 0.25) is 0 Å². The number of esters is 1. The summed E-state index contributed by atoms with van der Waals surface area (Å²) in [7, 11) is 0. The Bertz CT molecular complexity index is 699. The van der Waals surface area contributed by atoms with Gasteiger partial charge in [0.1, 0.15) is 24.0 Å². The highest BCUT2D eigenvalue weighted by atomic mass is 16.6. The Kier molecular flexibility index (Phi) is 15.0. The minimum absolute atomic E-state index is 0.180. The van der Waals surface area contributed by atoms with Crippen molar-refractivity contribution in [1.29, 1.82) is 0 Å². The van der Waals surface area contributed by atoms with Crippen molar-refractivity contribution in [3.05, 3.63) is 29.8 Å². The maximum atomic E-state index is 13.3. The van der Waals surface area contributed by atoms with E-state index in [1.54, 1.807) is 0 Å². The SMILES string of the molecule is CCOCCOCCOc1ccc(C[C@H](C(=O)OC(C)(C)C)N2CCNCCNCCNCC2)cc1. The lowest BCUT2D eigenvalue weighted by Crippen LogP contribution is -2.51. The van der Waals surface area contributed by atoms with Gasteiger partial charge in [0.2, 0.25) is 0 Å². The van der Waals surface area contributed by atoms with Gasteiger partial charge < -0.3 is 34.9 Å². The Hall–Kier alpha value is -1.75. The molecule has 9 heteroatoms. The first-order valence-corrected chi connectivity index (χ1v) is 13.4.